The van der Waals surface area contributed by atoms with Crippen LogP contribution < -0.4 is 5.32 Å². The molecule has 1 amide bonds. The normalized spacial score (nSPS) is 30.8. The molecule has 0 saturated carbocycles. The average molecular weight is 303 g/mol. The number of rotatable bonds is 4. The Labute approximate surface area is 131 Å². The third-order valence-electron chi connectivity index (χ3n) is 4.85. The highest BCUT2D eigenvalue weighted by molar-refractivity contribution is 5.79. The molecule has 2 unspecified atom stereocenters. The summed E-state index contributed by atoms with van der Waals surface area (Å²) < 4.78 is 5.72. The lowest BCUT2D eigenvalue weighted by Gasteiger charge is -2.30. The first-order chi connectivity index (χ1) is 10.7. The minimum atomic E-state index is -0.521. The number of hydrogen-bond donors (Lipinski definition) is 2. The topological polar surface area (TPSA) is 58.6 Å². The van der Waals surface area contributed by atoms with Crippen LogP contribution in [0.2, 0.25) is 0 Å². The number of carbonyl (C=O) groups is 1. The quantitative estimate of drug-likeness (QED) is 0.897. The van der Waals surface area contributed by atoms with Crippen molar-refractivity contribution in [1.82, 2.24) is 5.32 Å². The van der Waals surface area contributed by atoms with Gasteiger partial charge in [-0.15, -0.1) is 0 Å². The third-order valence-corrected chi connectivity index (χ3v) is 4.85. The van der Waals surface area contributed by atoms with Crippen molar-refractivity contribution in [2.45, 2.75) is 57.3 Å². The van der Waals surface area contributed by atoms with E-state index in [0.29, 0.717) is 13.0 Å². The number of amides is 1. The largest absolute Gasteiger partial charge is 0.390 e. The van der Waals surface area contributed by atoms with E-state index in [1.165, 1.54) is 0 Å². The van der Waals surface area contributed by atoms with E-state index < -0.39 is 6.10 Å². The number of benzene rings is 1. The molecule has 1 aliphatic heterocycles. The molecule has 120 valence electrons. The molecular weight excluding hydrogens is 278 g/mol. The fourth-order valence-electron chi connectivity index (χ4n) is 3.66. The molecule has 0 spiro atoms. The zero-order chi connectivity index (χ0) is 15.5. The van der Waals surface area contributed by atoms with Gasteiger partial charge in [-0.25, -0.2) is 0 Å². The Morgan fingerprint density at radius 3 is 3.05 bits per heavy atom. The second kappa shape index (κ2) is 6.80. The van der Waals surface area contributed by atoms with Crippen molar-refractivity contribution in [3.8, 4) is 0 Å². The predicted octanol–water partition coefficient (Wildman–Crippen LogP) is 2.36. The first-order valence-corrected chi connectivity index (χ1v) is 8.37. The van der Waals surface area contributed by atoms with Crippen LogP contribution in [0.25, 0.3) is 0 Å². The number of ether oxygens (including phenoxy) is 1. The Hall–Kier alpha value is -1.39. The number of fused-ring (bicyclic) bond motifs is 1. The van der Waals surface area contributed by atoms with Crippen molar-refractivity contribution < 1.29 is 14.6 Å². The summed E-state index contributed by atoms with van der Waals surface area (Å²) in [5.74, 6) is 0.0652. The van der Waals surface area contributed by atoms with E-state index in [9.17, 15) is 9.90 Å². The first-order valence-electron chi connectivity index (χ1n) is 8.37. The van der Waals surface area contributed by atoms with Crippen LogP contribution in [-0.2, 0) is 16.0 Å². The fourth-order valence-corrected chi connectivity index (χ4v) is 3.66. The van der Waals surface area contributed by atoms with Gasteiger partial charge in [-0.2, -0.15) is 0 Å². The van der Waals surface area contributed by atoms with Crippen LogP contribution in [0.15, 0.2) is 24.3 Å². The number of aliphatic hydroxyl groups is 1. The molecule has 0 radical (unpaired) electrons. The summed E-state index contributed by atoms with van der Waals surface area (Å²) in [6, 6.07) is 7.69. The average Bonchev–Trinajstić information content (AvgIpc) is 2.84. The molecule has 0 aromatic heterocycles. The Morgan fingerprint density at radius 1 is 1.41 bits per heavy atom. The van der Waals surface area contributed by atoms with Gasteiger partial charge in [-0.1, -0.05) is 37.6 Å². The molecule has 4 heteroatoms. The second-order valence-electron chi connectivity index (χ2n) is 6.46. The maximum Gasteiger partial charge on any atom is 0.223 e. The smallest absolute Gasteiger partial charge is 0.223 e. The Kier molecular flexibility index (Phi) is 4.79. The van der Waals surface area contributed by atoms with Crippen LogP contribution in [0.5, 0.6) is 0 Å². The van der Waals surface area contributed by atoms with Crippen LogP contribution in [0.4, 0.5) is 0 Å². The Morgan fingerprint density at radius 2 is 2.23 bits per heavy atom. The van der Waals surface area contributed by atoms with Crippen LogP contribution >= 0.6 is 0 Å². The summed E-state index contributed by atoms with van der Waals surface area (Å²) >= 11 is 0. The molecule has 4 atom stereocenters. The maximum absolute atomic E-state index is 12.6. The van der Waals surface area contributed by atoms with E-state index in [0.717, 1.165) is 36.8 Å². The predicted molar refractivity (Wildman–Crippen MR) is 84.4 cm³/mol. The molecule has 0 bridgehead atoms. The molecule has 1 fully saturated rings. The zero-order valence-electron chi connectivity index (χ0n) is 13.1. The summed E-state index contributed by atoms with van der Waals surface area (Å²) in [5.41, 5.74) is 2.19. The number of aliphatic hydroxyl groups excluding tert-OH is 1. The van der Waals surface area contributed by atoms with Crippen molar-refractivity contribution in [3.63, 3.8) is 0 Å². The van der Waals surface area contributed by atoms with Crippen molar-refractivity contribution in [3.05, 3.63) is 35.4 Å². The SMILES string of the molecule is CCCC1CC(C(=O)N[C@H]2c3ccccc3C[C@H]2O)CCO1. The molecule has 2 N–H and O–H groups in total. The van der Waals surface area contributed by atoms with E-state index in [-0.39, 0.29) is 24.0 Å². The van der Waals surface area contributed by atoms with Crippen molar-refractivity contribution in [2.24, 2.45) is 5.92 Å². The van der Waals surface area contributed by atoms with Gasteiger partial charge >= 0.3 is 0 Å². The third kappa shape index (κ3) is 3.18. The summed E-state index contributed by atoms with van der Waals surface area (Å²) in [5, 5.41) is 13.3. The van der Waals surface area contributed by atoms with Gasteiger partial charge in [0.15, 0.2) is 0 Å². The van der Waals surface area contributed by atoms with Gasteiger partial charge in [0.2, 0.25) is 5.91 Å². The molecule has 1 aromatic rings. The maximum atomic E-state index is 12.6. The summed E-state index contributed by atoms with van der Waals surface area (Å²) in [7, 11) is 0. The van der Waals surface area contributed by atoms with Crippen molar-refractivity contribution >= 4 is 5.91 Å². The van der Waals surface area contributed by atoms with E-state index >= 15 is 0 Å². The van der Waals surface area contributed by atoms with E-state index in [2.05, 4.69) is 12.2 Å². The number of hydrogen-bond acceptors (Lipinski definition) is 3. The lowest BCUT2D eigenvalue weighted by atomic mass is 9.92. The monoisotopic (exact) mass is 303 g/mol. The van der Waals surface area contributed by atoms with E-state index in [1.54, 1.807) is 0 Å². The van der Waals surface area contributed by atoms with E-state index in [4.69, 9.17) is 4.74 Å². The molecule has 1 aliphatic carbocycles. The van der Waals surface area contributed by atoms with E-state index in [1.807, 2.05) is 24.3 Å². The summed E-state index contributed by atoms with van der Waals surface area (Å²) in [4.78, 5) is 12.6. The zero-order valence-corrected chi connectivity index (χ0v) is 13.1. The van der Waals surface area contributed by atoms with Crippen LogP contribution in [0, 0.1) is 5.92 Å². The fraction of sp³-hybridized carbons (Fsp3) is 0.611. The highest BCUT2D eigenvalue weighted by Gasteiger charge is 2.35. The minimum absolute atomic E-state index is 0.00487. The second-order valence-corrected chi connectivity index (χ2v) is 6.46. The van der Waals surface area contributed by atoms with Crippen LogP contribution in [0.1, 0.15) is 49.8 Å². The highest BCUT2D eigenvalue weighted by Crippen LogP contribution is 2.32. The molecule has 1 heterocycles. The lowest BCUT2D eigenvalue weighted by Crippen LogP contribution is -2.41. The molecule has 1 saturated heterocycles. The molecular formula is C18H25NO3. The van der Waals surface area contributed by atoms with Gasteiger partial charge in [0.1, 0.15) is 0 Å². The van der Waals surface area contributed by atoms with Gasteiger partial charge in [-0.3, -0.25) is 4.79 Å². The number of carbonyl (C=O) groups excluding carboxylic acids is 1. The van der Waals surface area contributed by atoms with Gasteiger partial charge in [-0.05, 0) is 30.4 Å². The number of nitrogens with one attached hydrogen (secondary N) is 1. The standard InChI is InChI=1S/C18H25NO3/c1-2-5-14-10-13(8-9-22-14)18(21)19-17-15-7-4-3-6-12(15)11-16(17)20/h3-4,6-7,13-14,16-17,20H,2,5,8-11H2,1H3,(H,19,21)/t13?,14?,16-,17+/m1/s1. The van der Waals surface area contributed by atoms with Crippen molar-refractivity contribution in [1.29, 1.82) is 0 Å². The Bertz CT molecular complexity index is 529. The molecule has 2 aliphatic rings. The minimum Gasteiger partial charge on any atom is -0.390 e. The molecule has 1 aromatic carbocycles. The van der Waals surface area contributed by atoms with Gasteiger partial charge in [0.05, 0.1) is 18.2 Å². The summed E-state index contributed by atoms with van der Waals surface area (Å²) in [6.45, 7) is 2.80. The van der Waals surface area contributed by atoms with Gasteiger partial charge in [0.25, 0.3) is 0 Å². The van der Waals surface area contributed by atoms with Crippen LogP contribution in [-0.4, -0.2) is 29.8 Å². The van der Waals surface area contributed by atoms with Crippen LogP contribution in [0.3, 0.4) is 0 Å². The van der Waals surface area contributed by atoms with Gasteiger partial charge < -0.3 is 15.2 Å². The van der Waals surface area contributed by atoms with Gasteiger partial charge in [0, 0.05) is 18.9 Å². The molecule has 3 rings (SSSR count). The molecule has 22 heavy (non-hydrogen) atoms. The Balaban J connectivity index is 1.64. The lowest BCUT2D eigenvalue weighted by molar-refractivity contribution is -0.131. The molecule has 4 nitrogen and oxygen atoms in total. The summed E-state index contributed by atoms with van der Waals surface area (Å²) in [6.07, 6.45) is 3.96. The van der Waals surface area contributed by atoms with Crippen molar-refractivity contribution in [2.75, 3.05) is 6.61 Å². The highest BCUT2D eigenvalue weighted by atomic mass is 16.5. The first kappa shape index (κ1) is 15.5.